The van der Waals surface area contributed by atoms with Gasteiger partial charge >= 0.3 is 0 Å². The van der Waals surface area contributed by atoms with Crippen molar-refractivity contribution in [3.8, 4) is 0 Å². The number of piperidine rings is 1. The van der Waals surface area contributed by atoms with E-state index in [4.69, 9.17) is 10.2 Å². The van der Waals surface area contributed by atoms with Crippen molar-refractivity contribution in [1.29, 1.82) is 0 Å². The highest BCUT2D eigenvalue weighted by molar-refractivity contribution is 5.88. The van der Waals surface area contributed by atoms with Crippen molar-refractivity contribution in [1.82, 2.24) is 29.5 Å². The molecule has 0 aromatic carbocycles. The Bertz CT molecular complexity index is 1160. The van der Waals surface area contributed by atoms with Crippen molar-refractivity contribution in [3.05, 3.63) is 47.4 Å². The van der Waals surface area contributed by atoms with Gasteiger partial charge in [-0.2, -0.15) is 4.98 Å². The summed E-state index contributed by atoms with van der Waals surface area (Å²) in [4.78, 5) is 11.5. The van der Waals surface area contributed by atoms with E-state index >= 15 is 0 Å². The van der Waals surface area contributed by atoms with Gasteiger partial charge in [0.15, 0.2) is 5.65 Å². The van der Waals surface area contributed by atoms with Crippen LogP contribution in [0.4, 0.5) is 5.82 Å². The molecule has 0 radical (unpaired) electrons. The molecular formula is C20H23N7O. The highest BCUT2D eigenvalue weighted by atomic mass is 16.3. The van der Waals surface area contributed by atoms with E-state index < -0.39 is 0 Å². The lowest BCUT2D eigenvalue weighted by atomic mass is 9.97. The van der Waals surface area contributed by atoms with Gasteiger partial charge in [-0.15, -0.1) is 10.2 Å². The number of pyridine rings is 1. The minimum atomic E-state index is 0.334. The molecule has 0 saturated carbocycles. The van der Waals surface area contributed by atoms with Gasteiger partial charge in [0.25, 0.3) is 0 Å². The van der Waals surface area contributed by atoms with E-state index in [1.54, 1.807) is 0 Å². The summed E-state index contributed by atoms with van der Waals surface area (Å²) >= 11 is 0. The van der Waals surface area contributed by atoms with Crippen molar-refractivity contribution in [2.45, 2.75) is 39.2 Å². The number of aryl methyl sites for hydroxylation is 2. The summed E-state index contributed by atoms with van der Waals surface area (Å²) in [6.45, 7) is 6.46. The summed E-state index contributed by atoms with van der Waals surface area (Å²) < 4.78 is 7.85. The fraction of sp³-hybridized carbons (Fsp3) is 0.400. The molecule has 0 amide bonds. The molecule has 1 unspecified atom stereocenters. The molecule has 5 rings (SSSR count). The second-order valence-corrected chi connectivity index (χ2v) is 7.55. The standard InChI is InChI=1S/C20H23N7O/c1-12-13(2)28-20-17(12)18(21)22-15(23-20)11-26-8-5-6-14(10-26)19-25-24-16-7-3-4-9-27(16)19/h3-4,7,9,14H,5-6,8,10-11H2,1-2H3,(H2,21,22,23). The van der Waals surface area contributed by atoms with Crippen molar-refractivity contribution < 1.29 is 4.42 Å². The van der Waals surface area contributed by atoms with E-state index in [1.807, 2.05) is 38.2 Å². The number of nitrogens with zero attached hydrogens (tertiary/aromatic N) is 6. The Balaban J connectivity index is 1.39. The normalized spacial score (nSPS) is 18.3. The number of hydrogen-bond acceptors (Lipinski definition) is 7. The first-order valence-electron chi connectivity index (χ1n) is 9.64. The average molecular weight is 377 g/mol. The van der Waals surface area contributed by atoms with Crippen LogP contribution in [0.3, 0.4) is 0 Å². The number of nitrogen functional groups attached to an aromatic ring is 1. The average Bonchev–Trinajstić information content (AvgIpc) is 3.23. The largest absolute Gasteiger partial charge is 0.443 e. The molecule has 1 aliphatic rings. The van der Waals surface area contributed by atoms with Gasteiger partial charge in [0.05, 0.1) is 11.9 Å². The van der Waals surface area contributed by atoms with E-state index in [1.165, 1.54) is 0 Å². The number of furan rings is 1. The number of anilines is 1. The van der Waals surface area contributed by atoms with Crippen LogP contribution in [-0.4, -0.2) is 42.6 Å². The van der Waals surface area contributed by atoms with Crippen molar-refractivity contribution in [2.24, 2.45) is 0 Å². The summed E-state index contributed by atoms with van der Waals surface area (Å²) in [5.41, 5.74) is 8.67. The molecule has 5 heterocycles. The number of hydrogen-bond donors (Lipinski definition) is 1. The lowest BCUT2D eigenvalue weighted by Crippen LogP contribution is -2.35. The van der Waals surface area contributed by atoms with Gasteiger partial charge in [-0.3, -0.25) is 9.30 Å². The molecule has 144 valence electrons. The molecular weight excluding hydrogens is 354 g/mol. The molecule has 1 saturated heterocycles. The molecule has 0 bridgehead atoms. The molecule has 8 nitrogen and oxygen atoms in total. The van der Waals surface area contributed by atoms with Crippen LogP contribution < -0.4 is 5.73 Å². The molecule has 4 aromatic heterocycles. The molecule has 0 aliphatic carbocycles. The van der Waals surface area contributed by atoms with Crippen LogP contribution in [0.5, 0.6) is 0 Å². The first-order chi connectivity index (χ1) is 13.6. The fourth-order valence-electron chi connectivity index (χ4n) is 4.15. The molecule has 1 fully saturated rings. The van der Waals surface area contributed by atoms with Crippen LogP contribution >= 0.6 is 0 Å². The maximum absolute atomic E-state index is 6.19. The maximum Gasteiger partial charge on any atom is 0.231 e. The molecule has 1 atom stereocenters. The monoisotopic (exact) mass is 377 g/mol. The van der Waals surface area contributed by atoms with E-state index in [0.29, 0.717) is 29.8 Å². The van der Waals surface area contributed by atoms with Gasteiger partial charge in [-0.05, 0) is 45.4 Å². The summed E-state index contributed by atoms with van der Waals surface area (Å²) in [5, 5.41) is 9.57. The number of aromatic nitrogens is 5. The number of fused-ring (bicyclic) bond motifs is 2. The molecule has 2 N–H and O–H groups in total. The first kappa shape index (κ1) is 17.1. The molecule has 0 spiro atoms. The van der Waals surface area contributed by atoms with E-state index in [-0.39, 0.29) is 0 Å². The third kappa shape index (κ3) is 2.80. The number of likely N-dealkylation sites (tertiary alicyclic amines) is 1. The molecule has 28 heavy (non-hydrogen) atoms. The van der Waals surface area contributed by atoms with E-state index in [0.717, 1.165) is 54.1 Å². The lowest BCUT2D eigenvalue weighted by molar-refractivity contribution is 0.192. The van der Waals surface area contributed by atoms with Crippen molar-refractivity contribution in [3.63, 3.8) is 0 Å². The van der Waals surface area contributed by atoms with E-state index in [2.05, 4.69) is 29.5 Å². The van der Waals surface area contributed by atoms with Gasteiger partial charge in [-0.1, -0.05) is 6.07 Å². The quantitative estimate of drug-likeness (QED) is 0.586. The summed E-state index contributed by atoms with van der Waals surface area (Å²) in [5.74, 6) is 3.38. The van der Waals surface area contributed by atoms with Crippen LogP contribution in [0.1, 0.15) is 41.7 Å². The molecule has 1 aliphatic heterocycles. The number of nitrogens with two attached hydrogens (primary N) is 1. The van der Waals surface area contributed by atoms with Crippen molar-refractivity contribution in [2.75, 3.05) is 18.8 Å². The highest BCUT2D eigenvalue weighted by Crippen LogP contribution is 2.29. The van der Waals surface area contributed by atoms with Gasteiger partial charge in [0.1, 0.15) is 23.2 Å². The third-order valence-electron chi connectivity index (χ3n) is 5.68. The Labute approximate surface area is 162 Å². The zero-order chi connectivity index (χ0) is 19.3. The zero-order valence-corrected chi connectivity index (χ0v) is 16.1. The highest BCUT2D eigenvalue weighted by Gasteiger charge is 2.26. The van der Waals surface area contributed by atoms with Crippen LogP contribution in [0.15, 0.2) is 28.8 Å². The minimum Gasteiger partial charge on any atom is -0.443 e. The van der Waals surface area contributed by atoms with Crippen LogP contribution in [0.25, 0.3) is 16.7 Å². The van der Waals surface area contributed by atoms with Gasteiger partial charge in [0, 0.05) is 24.2 Å². The van der Waals surface area contributed by atoms with Gasteiger partial charge in [-0.25, -0.2) is 4.98 Å². The first-order valence-corrected chi connectivity index (χ1v) is 9.64. The van der Waals surface area contributed by atoms with Crippen molar-refractivity contribution >= 4 is 22.6 Å². The van der Waals surface area contributed by atoms with Gasteiger partial charge < -0.3 is 10.2 Å². The predicted octanol–water partition coefficient (Wildman–Crippen LogP) is 2.84. The third-order valence-corrected chi connectivity index (χ3v) is 5.68. The fourth-order valence-corrected chi connectivity index (χ4v) is 4.15. The lowest BCUT2D eigenvalue weighted by Gasteiger charge is -2.31. The van der Waals surface area contributed by atoms with Crippen LogP contribution in [-0.2, 0) is 6.54 Å². The minimum absolute atomic E-state index is 0.334. The Morgan fingerprint density at radius 1 is 1.21 bits per heavy atom. The Kier molecular flexibility index (Phi) is 4.01. The summed E-state index contributed by atoms with van der Waals surface area (Å²) in [6.07, 6.45) is 4.23. The summed E-state index contributed by atoms with van der Waals surface area (Å²) in [6, 6.07) is 5.98. The topological polar surface area (TPSA) is 98.4 Å². The predicted molar refractivity (Wildman–Crippen MR) is 106 cm³/mol. The Morgan fingerprint density at radius 3 is 3.00 bits per heavy atom. The van der Waals surface area contributed by atoms with Crippen LogP contribution in [0.2, 0.25) is 0 Å². The van der Waals surface area contributed by atoms with E-state index in [9.17, 15) is 0 Å². The Morgan fingerprint density at radius 2 is 2.11 bits per heavy atom. The second kappa shape index (κ2) is 6.56. The smallest absolute Gasteiger partial charge is 0.231 e. The second-order valence-electron chi connectivity index (χ2n) is 7.55. The SMILES string of the molecule is Cc1oc2nc(CN3CCCC(c4nnc5ccccn45)C3)nc(N)c2c1C. The number of rotatable bonds is 3. The molecule has 8 heteroatoms. The maximum atomic E-state index is 6.19. The summed E-state index contributed by atoms with van der Waals surface area (Å²) in [7, 11) is 0. The zero-order valence-electron chi connectivity index (χ0n) is 16.1. The van der Waals surface area contributed by atoms with Crippen LogP contribution in [0, 0.1) is 13.8 Å². The van der Waals surface area contributed by atoms with Gasteiger partial charge in [0.2, 0.25) is 5.71 Å². The Hall–Kier alpha value is -3.00. The molecule has 4 aromatic rings.